The van der Waals surface area contributed by atoms with E-state index in [0.717, 1.165) is 12.8 Å². The van der Waals surface area contributed by atoms with Crippen molar-refractivity contribution in [3.05, 3.63) is 42.0 Å². The van der Waals surface area contributed by atoms with Gasteiger partial charge in [0, 0.05) is 5.56 Å². The summed E-state index contributed by atoms with van der Waals surface area (Å²) in [6, 6.07) is 6.74. The third-order valence-corrected chi connectivity index (χ3v) is 3.78. The van der Waals surface area contributed by atoms with Crippen molar-refractivity contribution in [1.29, 1.82) is 0 Å². The standard InChI is InChI=1S/C18H21NO4/c1-12(20)15-9-5-6-10-16(15)19-18(22)13(2)23-17(21)11-14-7-3-4-8-14/h3,5-7,9-10,13-14H,4,8,11H2,1-2H3,(H,19,22)/t13-,14-/m0/s1. The number of Topliss-reactive ketones (excluding diaryl/α,β-unsaturated/α-hetero) is 1. The molecule has 0 fully saturated rings. The second-order valence-electron chi connectivity index (χ2n) is 5.69. The minimum absolute atomic E-state index is 0.140. The van der Waals surface area contributed by atoms with Crippen LogP contribution in [0.15, 0.2) is 36.4 Å². The number of rotatable bonds is 6. The van der Waals surface area contributed by atoms with Crippen LogP contribution in [0.25, 0.3) is 0 Å². The molecule has 1 N–H and O–H groups in total. The Morgan fingerprint density at radius 3 is 2.70 bits per heavy atom. The average Bonchev–Trinajstić information content (AvgIpc) is 3.00. The van der Waals surface area contributed by atoms with Gasteiger partial charge in [0.15, 0.2) is 11.9 Å². The molecule has 0 heterocycles. The second kappa shape index (κ2) is 7.72. The predicted molar refractivity (Wildman–Crippen MR) is 87.1 cm³/mol. The van der Waals surface area contributed by atoms with Crippen LogP contribution < -0.4 is 5.32 Å². The molecule has 0 bridgehead atoms. The lowest BCUT2D eigenvalue weighted by Gasteiger charge is -2.16. The number of anilines is 1. The number of carbonyl (C=O) groups excluding carboxylic acids is 3. The maximum Gasteiger partial charge on any atom is 0.307 e. The molecule has 23 heavy (non-hydrogen) atoms. The summed E-state index contributed by atoms with van der Waals surface area (Å²) in [7, 11) is 0. The van der Waals surface area contributed by atoms with Crippen LogP contribution in [0.4, 0.5) is 5.69 Å². The van der Waals surface area contributed by atoms with E-state index in [9.17, 15) is 14.4 Å². The van der Waals surface area contributed by atoms with E-state index in [-0.39, 0.29) is 24.1 Å². The van der Waals surface area contributed by atoms with Crippen molar-refractivity contribution < 1.29 is 19.1 Å². The molecule has 122 valence electrons. The molecule has 2 rings (SSSR count). The second-order valence-corrected chi connectivity index (χ2v) is 5.69. The zero-order valence-corrected chi connectivity index (χ0v) is 13.4. The van der Waals surface area contributed by atoms with Crippen molar-refractivity contribution in [2.24, 2.45) is 5.92 Å². The van der Waals surface area contributed by atoms with Gasteiger partial charge in [0.1, 0.15) is 0 Å². The summed E-state index contributed by atoms with van der Waals surface area (Å²) >= 11 is 0. The van der Waals surface area contributed by atoms with Crippen LogP contribution in [0.1, 0.15) is 43.5 Å². The van der Waals surface area contributed by atoms with E-state index in [4.69, 9.17) is 4.74 Å². The normalized spacial score (nSPS) is 17.6. The Hall–Kier alpha value is -2.43. The molecule has 0 unspecified atom stereocenters. The molecule has 1 amide bonds. The lowest BCUT2D eigenvalue weighted by Crippen LogP contribution is -2.30. The van der Waals surface area contributed by atoms with Crippen molar-refractivity contribution in [1.82, 2.24) is 0 Å². The molecule has 0 spiro atoms. The first-order valence-electron chi connectivity index (χ1n) is 7.74. The molecule has 1 aliphatic rings. The number of amides is 1. The van der Waals surface area contributed by atoms with Crippen LogP contribution in [0, 0.1) is 5.92 Å². The predicted octanol–water partition coefficient (Wildman–Crippen LogP) is 3.12. The van der Waals surface area contributed by atoms with Gasteiger partial charge in [0.2, 0.25) is 0 Å². The summed E-state index contributed by atoms with van der Waals surface area (Å²) in [5.41, 5.74) is 0.849. The molecule has 5 nitrogen and oxygen atoms in total. The van der Waals surface area contributed by atoms with Crippen molar-refractivity contribution in [2.75, 3.05) is 5.32 Å². The Labute approximate surface area is 135 Å². The largest absolute Gasteiger partial charge is 0.453 e. The minimum atomic E-state index is -0.909. The number of ether oxygens (including phenoxy) is 1. The summed E-state index contributed by atoms with van der Waals surface area (Å²) in [6.45, 7) is 2.96. The van der Waals surface area contributed by atoms with Gasteiger partial charge in [0.05, 0.1) is 12.1 Å². The van der Waals surface area contributed by atoms with Gasteiger partial charge in [-0.1, -0.05) is 24.3 Å². The Morgan fingerprint density at radius 1 is 1.30 bits per heavy atom. The fraction of sp³-hybridized carbons (Fsp3) is 0.389. The van der Waals surface area contributed by atoms with Gasteiger partial charge < -0.3 is 10.1 Å². The van der Waals surface area contributed by atoms with E-state index >= 15 is 0 Å². The van der Waals surface area contributed by atoms with E-state index in [1.54, 1.807) is 24.3 Å². The van der Waals surface area contributed by atoms with Crippen LogP contribution in [0.5, 0.6) is 0 Å². The summed E-state index contributed by atoms with van der Waals surface area (Å²) in [5, 5.41) is 2.64. The summed E-state index contributed by atoms with van der Waals surface area (Å²) < 4.78 is 5.18. The maximum atomic E-state index is 12.1. The molecule has 5 heteroatoms. The number of hydrogen-bond donors (Lipinski definition) is 1. The van der Waals surface area contributed by atoms with Crippen LogP contribution in [0.3, 0.4) is 0 Å². The smallest absolute Gasteiger partial charge is 0.307 e. The van der Waals surface area contributed by atoms with E-state index < -0.39 is 12.0 Å². The highest BCUT2D eigenvalue weighted by Gasteiger charge is 2.21. The molecule has 0 saturated heterocycles. The Bertz CT molecular complexity index is 636. The van der Waals surface area contributed by atoms with Gasteiger partial charge in [0.25, 0.3) is 5.91 Å². The number of benzene rings is 1. The topological polar surface area (TPSA) is 72.5 Å². The van der Waals surface area contributed by atoms with Crippen LogP contribution in [-0.4, -0.2) is 23.8 Å². The van der Waals surface area contributed by atoms with E-state index in [1.165, 1.54) is 13.8 Å². The summed E-state index contributed by atoms with van der Waals surface area (Å²) in [4.78, 5) is 35.5. The van der Waals surface area contributed by atoms with Crippen LogP contribution in [0.2, 0.25) is 0 Å². The molecular formula is C18H21NO4. The van der Waals surface area contributed by atoms with Crippen molar-refractivity contribution in [3.63, 3.8) is 0 Å². The van der Waals surface area contributed by atoms with E-state index in [1.807, 2.05) is 12.2 Å². The molecule has 1 aromatic rings. The van der Waals surface area contributed by atoms with Gasteiger partial charge in [-0.05, 0) is 44.7 Å². The van der Waals surface area contributed by atoms with Crippen molar-refractivity contribution in [2.45, 2.75) is 39.2 Å². The number of carbonyl (C=O) groups is 3. The molecule has 1 aliphatic carbocycles. The number of ketones is 1. The Kier molecular flexibility index (Phi) is 5.68. The minimum Gasteiger partial charge on any atom is -0.453 e. The number of hydrogen-bond acceptors (Lipinski definition) is 4. The van der Waals surface area contributed by atoms with E-state index in [0.29, 0.717) is 11.3 Å². The van der Waals surface area contributed by atoms with Crippen LogP contribution >= 0.6 is 0 Å². The first-order chi connectivity index (χ1) is 11.0. The maximum absolute atomic E-state index is 12.1. The number of para-hydroxylation sites is 1. The van der Waals surface area contributed by atoms with E-state index in [2.05, 4.69) is 5.32 Å². The zero-order chi connectivity index (χ0) is 16.8. The molecule has 0 radical (unpaired) electrons. The Balaban J connectivity index is 1.91. The number of allylic oxidation sites excluding steroid dienone is 2. The van der Waals surface area contributed by atoms with Crippen molar-refractivity contribution >= 4 is 23.3 Å². The van der Waals surface area contributed by atoms with Gasteiger partial charge in [-0.15, -0.1) is 0 Å². The average molecular weight is 315 g/mol. The molecule has 0 aliphatic heterocycles. The molecule has 1 aromatic carbocycles. The monoisotopic (exact) mass is 315 g/mol. The fourth-order valence-electron chi connectivity index (χ4n) is 2.51. The number of nitrogens with one attached hydrogen (secondary N) is 1. The van der Waals surface area contributed by atoms with Gasteiger partial charge in [-0.2, -0.15) is 0 Å². The molecule has 0 saturated carbocycles. The molecule has 0 aromatic heterocycles. The van der Waals surface area contributed by atoms with Crippen molar-refractivity contribution in [3.8, 4) is 0 Å². The third kappa shape index (κ3) is 4.77. The first-order valence-corrected chi connectivity index (χ1v) is 7.74. The quantitative estimate of drug-likeness (QED) is 0.497. The fourth-order valence-corrected chi connectivity index (χ4v) is 2.51. The van der Waals surface area contributed by atoms with Gasteiger partial charge >= 0.3 is 5.97 Å². The molecule has 2 atom stereocenters. The van der Waals surface area contributed by atoms with Gasteiger partial charge in [-0.3, -0.25) is 14.4 Å². The van der Waals surface area contributed by atoms with Crippen LogP contribution in [-0.2, 0) is 14.3 Å². The summed E-state index contributed by atoms with van der Waals surface area (Å²) in [5.74, 6) is -0.771. The first kappa shape index (κ1) is 16.9. The zero-order valence-electron chi connectivity index (χ0n) is 13.4. The molecular weight excluding hydrogens is 294 g/mol. The highest BCUT2D eigenvalue weighted by Crippen LogP contribution is 2.21. The SMILES string of the molecule is CC(=O)c1ccccc1NC(=O)[C@H](C)OC(=O)C[C@H]1C=CCC1. The van der Waals surface area contributed by atoms with Gasteiger partial charge in [-0.25, -0.2) is 0 Å². The summed E-state index contributed by atoms with van der Waals surface area (Å²) in [6.07, 6.45) is 5.37. The number of esters is 1. The lowest BCUT2D eigenvalue weighted by atomic mass is 10.1. The Morgan fingerprint density at radius 2 is 2.04 bits per heavy atom. The highest BCUT2D eigenvalue weighted by atomic mass is 16.5. The third-order valence-electron chi connectivity index (χ3n) is 3.78. The highest BCUT2D eigenvalue weighted by molar-refractivity contribution is 6.04. The lowest BCUT2D eigenvalue weighted by molar-refractivity contribution is -0.153.